The van der Waals surface area contributed by atoms with E-state index in [1.165, 1.54) is 16.0 Å². The summed E-state index contributed by atoms with van der Waals surface area (Å²) in [6.45, 7) is 5.92. The van der Waals surface area contributed by atoms with Gasteiger partial charge in [0.25, 0.3) is 0 Å². The molecule has 0 saturated heterocycles. The second-order valence-corrected chi connectivity index (χ2v) is 7.72. The average Bonchev–Trinajstić information content (AvgIpc) is 3.18. The van der Waals surface area contributed by atoms with Crippen LogP contribution in [0.1, 0.15) is 38.8 Å². The molecule has 26 heavy (non-hydrogen) atoms. The fourth-order valence-electron chi connectivity index (χ4n) is 3.67. The van der Waals surface area contributed by atoms with Crippen molar-refractivity contribution in [2.75, 3.05) is 6.54 Å². The van der Waals surface area contributed by atoms with Gasteiger partial charge in [0, 0.05) is 36.0 Å². The van der Waals surface area contributed by atoms with E-state index < -0.39 is 0 Å². The molecule has 2 nitrogen and oxygen atoms in total. The summed E-state index contributed by atoms with van der Waals surface area (Å²) in [7, 11) is 0. The van der Waals surface area contributed by atoms with Gasteiger partial charge in [-0.1, -0.05) is 67.2 Å². The molecule has 1 aliphatic rings. The largest absolute Gasteiger partial charge is 0.294 e. The Kier molecular flexibility index (Phi) is 4.83. The monoisotopic (exact) mass is 359 g/mol. The maximum Gasteiger partial charge on any atom is 0.164 e. The molecular weight excluding hydrogens is 338 g/mol. The highest BCUT2D eigenvalue weighted by Gasteiger charge is 2.31. The van der Waals surface area contributed by atoms with Crippen LogP contribution in [0.4, 0.5) is 0 Å². The fourth-order valence-corrected chi connectivity index (χ4v) is 4.40. The SMILES string of the molecule is C=C1CN(Cc2cccs2)C(CC(=O)c2ccccc2)c2ccccc21. The number of fused-ring (bicyclic) bond motifs is 1. The number of nitrogens with zero attached hydrogens (tertiary/aromatic N) is 1. The van der Waals surface area contributed by atoms with E-state index in [1.807, 2.05) is 30.3 Å². The molecule has 3 heteroatoms. The lowest BCUT2D eigenvalue weighted by Gasteiger charge is -2.38. The van der Waals surface area contributed by atoms with Crippen molar-refractivity contribution < 1.29 is 4.79 Å². The summed E-state index contributed by atoms with van der Waals surface area (Å²) >= 11 is 1.76. The van der Waals surface area contributed by atoms with Crippen molar-refractivity contribution in [1.82, 2.24) is 4.90 Å². The van der Waals surface area contributed by atoms with Gasteiger partial charge in [0.05, 0.1) is 0 Å². The zero-order chi connectivity index (χ0) is 17.9. The Morgan fingerprint density at radius 3 is 2.58 bits per heavy atom. The Morgan fingerprint density at radius 1 is 1.04 bits per heavy atom. The zero-order valence-corrected chi connectivity index (χ0v) is 15.4. The zero-order valence-electron chi connectivity index (χ0n) is 14.6. The van der Waals surface area contributed by atoms with E-state index in [4.69, 9.17) is 0 Å². The van der Waals surface area contributed by atoms with Crippen LogP contribution in [0.5, 0.6) is 0 Å². The predicted molar refractivity (Wildman–Crippen MR) is 108 cm³/mol. The molecule has 1 unspecified atom stereocenters. The van der Waals surface area contributed by atoms with Gasteiger partial charge in [-0.25, -0.2) is 0 Å². The molecule has 0 aliphatic carbocycles. The molecule has 1 atom stereocenters. The molecule has 0 N–H and O–H groups in total. The van der Waals surface area contributed by atoms with Crippen LogP contribution in [-0.2, 0) is 6.54 Å². The minimum Gasteiger partial charge on any atom is -0.294 e. The Balaban J connectivity index is 1.67. The molecule has 0 radical (unpaired) electrons. The van der Waals surface area contributed by atoms with Crippen molar-refractivity contribution in [1.29, 1.82) is 0 Å². The van der Waals surface area contributed by atoms with Crippen molar-refractivity contribution in [2.45, 2.75) is 19.0 Å². The molecule has 1 aliphatic heterocycles. The smallest absolute Gasteiger partial charge is 0.164 e. The average molecular weight is 359 g/mol. The number of hydrogen-bond donors (Lipinski definition) is 0. The molecule has 2 heterocycles. The third-order valence-electron chi connectivity index (χ3n) is 4.95. The normalized spacial score (nSPS) is 17.1. The van der Waals surface area contributed by atoms with Crippen molar-refractivity contribution in [3.8, 4) is 0 Å². The van der Waals surface area contributed by atoms with Crippen molar-refractivity contribution in [3.05, 3.63) is 100 Å². The van der Waals surface area contributed by atoms with Gasteiger partial charge >= 0.3 is 0 Å². The number of benzene rings is 2. The van der Waals surface area contributed by atoms with E-state index in [9.17, 15) is 4.79 Å². The quantitative estimate of drug-likeness (QED) is 0.553. The highest BCUT2D eigenvalue weighted by Crippen LogP contribution is 2.38. The first-order chi connectivity index (χ1) is 12.7. The highest BCUT2D eigenvalue weighted by molar-refractivity contribution is 7.09. The number of carbonyl (C=O) groups excluding carboxylic acids is 1. The van der Waals surface area contributed by atoms with Crippen LogP contribution in [0.3, 0.4) is 0 Å². The maximum atomic E-state index is 12.9. The van der Waals surface area contributed by atoms with Crippen molar-refractivity contribution >= 4 is 22.7 Å². The summed E-state index contributed by atoms with van der Waals surface area (Å²) in [6, 6.07) is 22.3. The number of carbonyl (C=O) groups is 1. The second kappa shape index (κ2) is 7.40. The van der Waals surface area contributed by atoms with Crippen molar-refractivity contribution in [3.63, 3.8) is 0 Å². The van der Waals surface area contributed by atoms with Gasteiger partial charge in [0.1, 0.15) is 0 Å². The fraction of sp³-hybridized carbons (Fsp3) is 0.174. The Labute approximate surface area is 158 Å². The van der Waals surface area contributed by atoms with Crippen LogP contribution >= 0.6 is 11.3 Å². The number of thiophene rings is 1. The topological polar surface area (TPSA) is 20.3 Å². The first-order valence-electron chi connectivity index (χ1n) is 8.84. The molecule has 0 amide bonds. The van der Waals surface area contributed by atoms with E-state index in [0.717, 1.165) is 24.2 Å². The van der Waals surface area contributed by atoms with Crippen LogP contribution in [0.15, 0.2) is 78.7 Å². The molecule has 3 aromatic rings. The molecule has 130 valence electrons. The predicted octanol–water partition coefficient (Wildman–Crippen LogP) is 5.59. The van der Waals surface area contributed by atoms with Crippen LogP contribution in [0, 0.1) is 0 Å². The first-order valence-corrected chi connectivity index (χ1v) is 9.72. The standard InChI is InChI=1S/C23H21NOS/c1-17-15-24(16-19-10-7-13-26-19)22(21-12-6-5-11-20(17)21)14-23(25)18-8-3-2-4-9-18/h2-13,22H,1,14-16H2. The molecule has 4 rings (SSSR count). The molecule has 0 bridgehead atoms. The van der Waals surface area contributed by atoms with Crippen molar-refractivity contribution in [2.24, 2.45) is 0 Å². The molecule has 0 spiro atoms. The van der Waals surface area contributed by atoms with Crippen LogP contribution < -0.4 is 0 Å². The van der Waals surface area contributed by atoms with Gasteiger partial charge in [0.2, 0.25) is 0 Å². The lowest BCUT2D eigenvalue weighted by Crippen LogP contribution is -2.35. The molecule has 1 aromatic heterocycles. The lowest BCUT2D eigenvalue weighted by atomic mass is 9.86. The minimum absolute atomic E-state index is 0.0755. The Morgan fingerprint density at radius 2 is 1.81 bits per heavy atom. The summed E-state index contributed by atoms with van der Waals surface area (Å²) in [5.41, 5.74) is 4.32. The van der Waals surface area contributed by atoms with Gasteiger partial charge < -0.3 is 0 Å². The van der Waals surface area contributed by atoms with Crippen LogP contribution in [-0.4, -0.2) is 17.2 Å². The first kappa shape index (κ1) is 17.0. The number of hydrogen-bond acceptors (Lipinski definition) is 3. The van der Waals surface area contributed by atoms with E-state index in [-0.39, 0.29) is 11.8 Å². The van der Waals surface area contributed by atoms with Gasteiger partial charge in [-0.15, -0.1) is 11.3 Å². The van der Waals surface area contributed by atoms with E-state index >= 15 is 0 Å². The number of Topliss-reactive ketones (excluding diaryl/α,β-unsaturated/α-hetero) is 1. The van der Waals surface area contributed by atoms with Gasteiger partial charge in [-0.3, -0.25) is 9.69 Å². The summed E-state index contributed by atoms with van der Waals surface area (Å²) in [5.74, 6) is 0.189. The molecule has 0 fully saturated rings. The van der Waals surface area contributed by atoms with Crippen LogP contribution in [0.25, 0.3) is 5.57 Å². The summed E-state index contributed by atoms with van der Waals surface area (Å²) in [4.78, 5) is 16.6. The summed E-state index contributed by atoms with van der Waals surface area (Å²) in [5, 5.41) is 2.10. The molecule has 0 saturated carbocycles. The van der Waals surface area contributed by atoms with Crippen LogP contribution in [0.2, 0.25) is 0 Å². The third-order valence-corrected chi connectivity index (χ3v) is 5.81. The highest BCUT2D eigenvalue weighted by atomic mass is 32.1. The number of ketones is 1. The summed E-state index contributed by atoms with van der Waals surface area (Å²) in [6.07, 6.45) is 0.486. The van der Waals surface area contributed by atoms with E-state index in [2.05, 4.69) is 53.3 Å². The molecular formula is C23H21NOS. The maximum absolute atomic E-state index is 12.9. The Hall–Kier alpha value is -2.49. The van der Waals surface area contributed by atoms with Gasteiger partial charge in [0.15, 0.2) is 5.78 Å². The second-order valence-electron chi connectivity index (χ2n) is 6.68. The van der Waals surface area contributed by atoms with E-state index in [0.29, 0.717) is 6.42 Å². The minimum atomic E-state index is 0.0755. The Bertz CT molecular complexity index is 914. The molecule has 2 aromatic carbocycles. The lowest BCUT2D eigenvalue weighted by molar-refractivity contribution is 0.0917. The van der Waals surface area contributed by atoms with Gasteiger partial charge in [-0.2, -0.15) is 0 Å². The number of rotatable bonds is 5. The summed E-state index contributed by atoms with van der Waals surface area (Å²) < 4.78 is 0. The van der Waals surface area contributed by atoms with Gasteiger partial charge in [-0.05, 0) is 28.1 Å². The third kappa shape index (κ3) is 3.41. The van der Waals surface area contributed by atoms with E-state index in [1.54, 1.807) is 11.3 Å².